The fraction of sp³-hybridized carbons (Fsp3) is 0.462. The van der Waals surface area contributed by atoms with Crippen LogP contribution in [-0.2, 0) is 11.2 Å². The highest BCUT2D eigenvalue weighted by Gasteiger charge is 2.11. The van der Waals surface area contributed by atoms with E-state index in [1.165, 1.54) is 0 Å². The van der Waals surface area contributed by atoms with Gasteiger partial charge in [0.1, 0.15) is 0 Å². The fourth-order valence-corrected chi connectivity index (χ4v) is 1.52. The van der Waals surface area contributed by atoms with E-state index in [0.717, 1.165) is 10.0 Å². The van der Waals surface area contributed by atoms with Crippen LogP contribution >= 0.6 is 15.9 Å². The smallest absolute Gasteiger partial charge is 0.150 e. The second-order valence-corrected chi connectivity index (χ2v) is 5.86. The van der Waals surface area contributed by atoms with Crippen molar-refractivity contribution in [2.75, 3.05) is 6.54 Å². The first-order valence-corrected chi connectivity index (χ1v) is 6.17. The summed E-state index contributed by atoms with van der Waals surface area (Å²) in [4.78, 5) is 11.7. The predicted octanol–water partition coefficient (Wildman–Crippen LogP) is 2.95. The third-order valence-corrected chi connectivity index (χ3v) is 2.66. The molecule has 0 aliphatic carbocycles. The van der Waals surface area contributed by atoms with Crippen LogP contribution in [0.4, 0.5) is 0 Å². The molecule has 0 saturated carbocycles. The molecule has 1 aromatic carbocycles. The molecule has 0 spiro atoms. The van der Waals surface area contributed by atoms with Crippen molar-refractivity contribution in [1.29, 1.82) is 0 Å². The molecular weight excluding hydrogens is 266 g/mol. The van der Waals surface area contributed by atoms with Crippen LogP contribution in [0.3, 0.4) is 0 Å². The first kappa shape index (κ1) is 13.4. The molecule has 0 fully saturated rings. The van der Waals surface area contributed by atoms with E-state index in [1.54, 1.807) is 0 Å². The van der Waals surface area contributed by atoms with E-state index < -0.39 is 0 Å². The predicted molar refractivity (Wildman–Crippen MR) is 70.6 cm³/mol. The van der Waals surface area contributed by atoms with Gasteiger partial charge in [-0.05, 0) is 38.5 Å². The summed E-state index contributed by atoms with van der Waals surface area (Å²) in [6.07, 6.45) is 0.496. The first-order chi connectivity index (χ1) is 7.37. The zero-order chi connectivity index (χ0) is 12.2. The van der Waals surface area contributed by atoms with Gasteiger partial charge in [0.05, 0.1) is 6.54 Å². The van der Waals surface area contributed by atoms with Crippen LogP contribution in [0.15, 0.2) is 28.7 Å². The molecule has 16 heavy (non-hydrogen) atoms. The number of halogens is 1. The van der Waals surface area contributed by atoms with Gasteiger partial charge in [-0.15, -0.1) is 0 Å². The minimum Gasteiger partial charge on any atom is -0.305 e. The molecule has 3 heteroatoms. The summed E-state index contributed by atoms with van der Waals surface area (Å²) in [7, 11) is 0. The molecule has 1 rings (SSSR count). The van der Waals surface area contributed by atoms with Crippen molar-refractivity contribution in [3.63, 3.8) is 0 Å². The summed E-state index contributed by atoms with van der Waals surface area (Å²) in [5.74, 6) is 0.220. The van der Waals surface area contributed by atoms with E-state index in [4.69, 9.17) is 0 Å². The third-order valence-electron chi connectivity index (χ3n) is 2.13. The van der Waals surface area contributed by atoms with Gasteiger partial charge in [0.25, 0.3) is 0 Å². The average molecular weight is 284 g/mol. The fourth-order valence-electron chi connectivity index (χ4n) is 1.26. The maximum atomic E-state index is 11.7. The summed E-state index contributed by atoms with van der Waals surface area (Å²) in [5.41, 5.74) is 1.05. The van der Waals surface area contributed by atoms with E-state index in [-0.39, 0.29) is 11.3 Å². The SMILES string of the molecule is CC(C)(C)NCC(=O)Cc1ccc(Br)cc1. The summed E-state index contributed by atoms with van der Waals surface area (Å²) >= 11 is 3.37. The molecule has 0 bridgehead atoms. The zero-order valence-corrected chi connectivity index (χ0v) is 11.6. The van der Waals surface area contributed by atoms with Gasteiger partial charge in [0.15, 0.2) is 5.78 Å². The highest BCUT2D eigenvalue weighted by Crippen LogP contribution is 2.11. The van der Waals surface area contributed by atoms with Crippen molar-refractivity contribution >= 4 is 21.7 Å². The lowest BCUT2D eigenvalue weighted by Gasteiger charge is -2.19. The number of Topliss-reactive ketones (excluding diaryl/α,β-unsaturated/α-hetero) is 1. The van der Waals surface area contributed by atoms with Crippen molar-refractivity contribution < 1.29 is 4.79 Å². The second kappa shape index (κ2) is 5.60. The van der Waals surface area contributed by atoms with Gasteiger partial charge in [-0.1, -0.05) is 28.1 Å². The molecule has 0 aromatic heterocycles. The van der Waals surface area contributed by atoms with Crippen LogP contribution in [0, 0.1) is 0 Å². The van der Waals surface area contributed by atoms with Gasteiger partial charge in [0.2, 0.25) is 0 Å². The largest absolute Gasteiger partial charge is 0.305 e. The van der Waals surface area contributed by atoms with Crippen molar-refractivity contribution in [3.05, 3.63) is 34.3 Å². The van der Waals surface area contributed by atoms with Crippen LogP contribution in [0.2, 0.25) is 0 Å². The molecule has 1 N–H and O–H groups in total. The minimum absolute atomic E-state index is 0.00459. The molecule has 0 saturated heterocycles. The lowest BCUT2D eigenvalue weighted by atomic mass is 10.1. The Morgan fingerprint density at radius 2 is 1.81 bits per heavy atom. The molecule has 88 valence electrons. The van der Waals surface area contributed by atoms with Crippen LogP contribution in [-0.4, -0.2) is 17.9 Å². The van der Waals surface area contributed by atoms with Gasteiger partial charge >= 0.3 is 0 Å². The lowest BCUT2D eigenvalue weighted by Crippen LogP contribution is -2.39. The Kier molecular flexibility index (Phi) is 4.69. The summed E-state index contributed by atoms with van der Waals surface area (Å²) < 4.78 is 1.04. The molecule has 0 heterocycles. The number of hydrogen-bond acceptors (Lipinski definition) is 2. The quantitative estimate of drug-likeness (QED) is 0.921. The number of nitrogens with one attached hydrogen (secondary N) is 1. The van der Waals surface area contributed by atoms with Gasteiger partial charge in [-0.3, -0.25) is 4.79 Å². The zero-order valence-electron chi connectivity index (χ0n) is 10.0. The van der Waals surface area contributed by atoms with E-state index in [2.05, 4.69) is 42.0 Å². The molecule has 2 nitrogen and oxygen atoms in total. The van der Waals surface area contributed by atoms with Gasteiger partial charge in [-0.2, -0.15) is 0 Å². The normalized spacial score (nSPS) is 11.5. The van der Waals surface area contributed by atoms with Crippen LogP contribution in [0.25, 0.3) is 0 Å². The Morgan fingerprint density at radius 1 is 1.25 bits per heavy atom. The third kappa shape index (κ3) is 5.42. The van der Waals surface area contributed by atoms with Gasteiger partial charge in [-0.25, -0.2) is 0 Å². The maximum Gasteiger partial charge on any atom is 0.150 e. The van der Waals surface area contributed by atoms with Crippen LogP contribution in [0.1, 0.15) is 26.3 Å². The van der Waals surface area contributed by atoms with Gasteiger partial charge < -0.3 is 5.32 Å². The van der Waals surface area contributed by atoms with Crippen molar-refractivity contribution in [2.24, 2.45) is 0 Å². The number of rotatable bonds is 4. The lowest BCUT2D eigenvalue weighted by molar-refractivity contribution is -0.117. The maximum absolute atomic E-state index is 11.7. The summed E-state index contributed by atoms with van der Waals surface area (Å²) in [6, 6.07) is 7.86. The molecule has 0 unspecified atom stereocenters. The number of benzene rings is 1. The standard InChI is InChI=1S/C13H18BrNO/c1-13(2,3)15-9-12(16)8-10-4-6-11(14)7-5-10/h4-7,15H,8-9H2,1-3H3. The Balaban J connectivity index is 2.43. The molecule has 0 aliphatic rings. The number of ketones is 1. The van der Waals surface area contributed by atoms with Gasteiger partial charge in [0, 0.05) is 16.4 Å². The average Bonchev–Trinajstić information content (AvgIpc) is 2.18. The molecule has 0 amide bonds. The number of carbonyl (C=O) groups is 1. The highest BCUT2D eigenvalue weighted by molar-refractivity contribution is 9.10. The highest BCUT2D eigenvalue weighted by atomic mass is 79.9. The Hall–Kier alpha value is -0.670. The summed E-state index contributed by atoms with van der Waals surface area (Å²) in [6.45, 7) is 6.60. The summed E-state index contributed by atoms with van der Waals surface area (Å²) in [5, 5.41) is 3.19. The molecule has 1 aromatic rings. The Bertz CT molecular complexity index is 351. The monoisotopic (exact) mass is 283 g/mol. The number of hydrogen-bond donors (Lipinski definition) is 1. The molecule has 0 radical (unpaired) electrons. The first-order valence-electron chi connectivity index (χ1n) is 5.38. The Morgan fingerprint density at radius 3 is 2.31 bits per heavy atom. The topological polar surface area (TPSA) is 29.1 Å². The van der Waals surface area contributed by atoms with E-state index in [1.807, 2.05) is 24.3 Å². The van der Waals surface area contributed by atoms with Crippen LogP contribution < -0.4 is 5.32 Å². The molecule has 0 aliphatic heterocycles. The molecule has 0 atom stereocenters. The van der Waals surface area contributed by atoms with Crippen molar-refractivity contribution in [1.82, 2.24) is 5.32 Å². The van der Waals surface area contributed by atoms with E-state index in [0.29, 0.717) is 13.0 Å². The van der Waals surface area contributed by atoms with Crippen molar-refractivity contribution in [2.45, 2.75) is 32.7 Å². The van der Waals surface area contributed by atoms with Crippen LogP contribution in [0.5, 0.6) is 0 Å². The van der Waals surface area contributed by atoms with E-state index >= 15 is 0 Å². The van der Waals surface area contributed by atoms with Crippen molar-refractivity contribution in [3.8, 4) is 0 Å². The number of carbonyl (C=O) groups excluding carboxylic acids is 1. The Labute approximate surface area is 106 Å². The van der Waals surface area contributed by atoms with E-state index in [9.17, 15) is 4.79 Å². The minimum atomic E-state index is -0.00459. The molecular formula is C13H18BrNO. The second-order valence-electron chi connectivity index (χ2n) is 4.95.